The maximum absolute atomic E-state index is 5.71. The first-order valence-corrected chi connectivity index (χ1v) is 4.29. The van der Waals surface area contributed by atoms with Crippen molar-refractivity contribution in [1.29, 1.82) is 0 Å². The molecule has 1 nitrogen and oxygen atoms in total. The molecule has 0 fully saturated rings. The number of hydrogen-bond donors (Lipinski definition) is 0. The maximum atomic E-state index is 5.71. The molecule has 0 saturated carbocycles. The minimum atomic E-state index is 0.241. The van der Waals surface area contributed by atoms with Crippen LogP contribution in [0.2, 0.25) is 0 Å². The van der Waals surface area contributed by atoms with Gasteiger partial charge in [0, 0.05) is 0 Å². The Balaban J connectivity index is 2.30. The normalized spacial score (nSPS) is 29.4. The SMILES string of the molecule is Cc1cccc2c1[C@@H]1C=C[C@H]2O1. The lowest BCUT2D eigenvalue weighted by Gasteiger charge is -2.08. The van der Waals surface area contributed by atoms with Crippen molar-refractivity contribution in [3.63, 3.8) is 0 Å². The minimum Gasteiger partial charge on any atom is -0.357 e. The van der Waals surface area contributed by atoms with Crippen molar-refractivity contribution in [2.24, 2.45) is 0 Å². The Labute approximate surface area is 71.7 Å². The summed E-state index contributed by atoms with van der Waals surface area (Å²) in [6, 6.07) is 6.42. The van der Waals surface area contributed by atoms with Crippen molar-refractivity contribution in [3.05, 3.63) is 47.0 Å². The van der Waals surface area contributed by atoms with Crippen LogP contribution in [0.3, 0.4) is 0 Å². The van der Waals surface area contributed by atoms with Crippen LogP contribution < -0.4 is 0 Å². The molecule has 0 unspecified atom stereocenters. The van der Waals surface area contributed by atoms with Gasteiger partial charge >= 0.3 is 0 Å². The molecule has 0 radical (unpaired) electrons. The van der Waals surface area contributed by atoms with E-state index in [1.54, 1.807) is 0 Å². The highest BCUT2D eigenvalue weighted by atomic mass is 16.5. The zero-order valence-corrected chi connectivity index (χ0v) is 6.95. The molecule has 2 atom stereocenters. The van der Waals surface area contributed by atoms with Crippen LogP contribution in [0.5, 0.6) is 0 Å². The molecule has 1 aromatic carbocycles. The molecule has 0 N–H and O–H groups in total. The summed E-state index contributed by atoms with van der Waals surface area (Å²) in [6.07, 6.45) is 4.78. The number of ether oxygens (including phenoxy) is 1. The van der Waals surface area contributed by atoms with Crippen LogP contribution in [-0.2, 0) is 4.74 Å². The van der Waals surface area contributed by atoms with Gasteiger partial charge in [-0.25, -0.2) is 0 Å². The predicted molar refractivity (Wildman–Crippen MR) is 46.9 cm³/mol. The summed E-state index contributed by atoms with van der Waals surface area (Å²) in [5.41, 5.74) is 4.11. The lowest BCUT2D eigenvalue weighted by atomic mass is 9.93. The van der Waals surface area contributed by atoms with Crippen LogP contribution in [0.25, 0.3) is 0 Å². The first kappa shape index (κ1) is 6.44. The molecule has 2 bridgehead atoms. The van der Waals surface area contributed by atoms with Crippen LogP contribution in [0, 0.1) is 6.92 Å². The van der Waals surface area contributed by atoms with Crippen LogP contribution in [-0.4, -0.2) is 0 Å². The van der Waals surface area contributed by atoms with E-state index in [9.17, 15) is 0 Å². The quantitative estimate of drug-likeness (QED) is 0.527. The van der Waals surface area contributed by atoms with Gasteiger partial charge in [-0.05, 0) is 23.6 Å². The molecule has 1 aromatic rings. The molecule has 0 aliphatic carbocycles. The van der Waals surface area contributed by atoms with E-state index in [-0.39, 0.29) is 12.2 Å². The van der Waals surface area contributed by atoms with E-state index in [2.05, 4.69) is 37.3 Å². The smallest absolute Gasteiger partial charge is 0.103 e. The van der Waals surface area contributed by atoms with Crippen molar-refractivity contribution in [1.82, 2.24) is 0 Å². The molecule has 2 aliphatic rings. The fraction of sp³-hybridized carbons (Fsp3) is 0.273. The summed E-state index contributed by atoms with van der Waals surface area (Å²) in [5, 5.41) is 0. The van der Waals surface area contributed by atoms with Crippen LogP contribution >= 0.6 is 0 Å². The molecule has 2 heterocycles. The van der Waals surface area contributed by atoms with Crippen molar-refractivity contribution in [3.8, 4) is 0 Å². The Morgan fingerprint density at radius 1 is 1.17 bits per heavy atom. The predicted octanol–water partition coefficient (Wildman–Crippen LogP) is 2.68. The highest BCUT2D eigenvalue weighted by Gasteiger charge is 2.33. The van der Waals surface area contributed by atoms with Gasteiger partial charge in [-0.2, -0.15) is 0 Å². The highest BCUT2D eigenvalue weighted by Crippen LogP contribution is 2.46. The van der Waals surface area contributed by atoms with E-state index < -0.39 is 0 Å². The third kappa shape index (κ3) is 0.625. The lowest BCUT2D eigenvalue weighted by Crippen LogP contribution is -1.95. The number of aryl methyl sites for hydroxylation is 1. The molecule has 1 heteroatoms. The fourth-order valence-corrected chi connectivity index (χ4v) is 2.13. The van der Waals surface area contributed by atoms with Gasteiger partial charge in [-0.1, -0.05) is 30.4 Å². The molecule has 12 heavy (non-hydrogen) atoms. The second kappa shape index (κ2) is 1.99. The summed E-state index contributed by atoms with van der Waals surface area (Å²) >= 11 is 0. The highest BCUT2D eigenvalue weighted by molar-refractivity contribution is 5.47. The van der Waals surface area contributed by atoms with Crippen LogP contribution in [0.4, 0.5) is 0 Å². The Kier molecular flexibility index (Phi) is 1.07. The monoisotopic (exact) mass is 158 g/mol. The number of hydrogen-bond acceptors (Lipinski definition) is 1. The van der Waals surface area contributed by atoms with Crippen LogP contribution in [0.15, 0.2) is 30.4 Å². The summed E-state index contributed by atoms with van der Waals surface area (Å²) in [7, 11) is 0. The topological polar surface area (TPSA) is 9.23 Å². The van der Waals surface area contributed by atoms with E-state index in [0.717, 1.165) is 0 Å². The van der Waals surface area contributed by atoms with Crippen molar-refractivity contribution >= 4 is 0 Å². The van der Waals surface area contributed by atoms with Gasteiger partial charge in [-0.3, -0.25) is 0 Å². The number of fused-ring (bicyclic) bond motifs is 5. The van der Waals surface area contributed by atoms with E-state index in [1.165, 1.54) is 16.7 Å². The van der Waals surface area contributed by atoms with Crippen molar-refractivity contribution in [2.45, 2.75) is 19.1 Å². The molecule has 0 spiro atoms. The lowest BCUT2D eigenvalue weighted by molar-refractivity contribution is 0.0877. The Morgan fingerprint density at radius 3 is 2.83 bits per heavy atom. The number of rotatable bonds is 0. The van der Waals surface area contributed by atoms with Gasteiger partial charge in [0.25, 0.3) is 0 Å². The van der Waals surface area contributed by atoms with Crippen molar-refractivity contribution < 1.29 is 4.74 Å². The Hall–Kier alpha value is -1.08. The largest absolute Gasteiger partial charge is 0.357 e. The fourth-order valence-electron chi connectivity index (χ4n) is 2.13. The minimum absolute atomic E-state index is 0.241. The summed E-state index contributed by atoms with van der Waals surface area (Å²) in [6.45, 7) is 2.15. The standard InChI is InChI=1S/C11H10O/c1-7-3-2-4-8-9-5-6-10(12-9)11(7)8/h2-6,9-10H,1H3/t9-,10+/m1/s1. The average Bonchev–Trinajstić information content (AvgIpc) is 2.64. The zero-order chi connectivity index (χ0) is 8.13. The molecule has 0 aromatic heterocycles. The average molecular weight is 158 g/mol. The van der Waals surface area contributed by atoms with Gasteiger partial charge < -0.3 is 4.74 Å². The third-order valence-electron chi connectivity index (χ3n) is 2.70. The maximum Gasteiger partial charge on any atom is 0.103 e. The van der Waals surface area contributed by atoms with Gasteiger partial charge in [-0.15, -0.1) is 0 Å². The van der Waals surface area contributed by atoms with Gasteiger partial charge in [0.05, 0.1) is 0 Å². The van der Waals surface area contributed by atoms with Gasteiger partial charge in [0.1, 0.15) is 12.2 Å². The third-order valence-corrected chi connectivity index (χ3v) is 2.70. The first-order valence-electron chi connectivity index (χ1n) is 4.29. The molecule has 0 amide bonds. The van der Waals surface area contributed by atoms with E-state index in [1.807, 2.05) is 0 Å². The first-order chi connectivity index (χ1) is 5.86. The Morgan fingerprint density at radius 2 is 2.00 bits per heavy atom. The second-order valence-electron chi connectivity index (χ2n) is 3.44. The summed E-state index contributed by atoms with van der Waals surface area (Å²) in [5.74, 6) is 0. The second-order valence-corrected chi connectivity index (χ2v) is 3.44. The van der Waals surface area contributed by atoms with Crippen LogP contribution in [0.1, 0.15) is 28.9 Å². The van der Waals surface area contributed by atoms with Gasteiger partial charge in [0.2, 0.25) is 0 Å². The zero-order valence-electron chi connectivity index (χ0n) is 6.95. The molecular weight excluding hydrogens is 148 g/mol. The van der Waals surface area contributed by atoms with E-state index in [0.29, 0.717) is 0 Å². The van der Waals surface area contributed by atoms with E-state index in [4.69, 9.17) is 4.74 Å². The number of benzene rings is 1. The summed E-state index contributed by atoms with van der Waals surface area (Å²) < 4.78 is 5.71. The molecular formula is C11H10O. The molecule has 0 saturated heterocycles. The molecule has 3 rings (SSSR count). The Bertz CT molecular complexity index is 365. The van der Waals surface area contributed by atoms with Crippen molar-refractivity contribution in [2.75, 3.05) is 0 Å². The van der Waals surface area contributed by atoms with E-state index >= 15 is 0 Å². The summed E-state index contributed by atoms with van der Waals surface area (Å²) in [4.78, 5) is 0. The van der Waals surface area contributed by atoms with Gasteiger partial charge in [0.15, 0.2) is 0 Å². The molecule has 2 aliphatic heterocycles. The molecule has 60 valence electrons.